The molecule has 0 bridgehead atoms. The number of rotatable bonds is 5. The molecule has 0 spiro atoms. The Morgan fingerprint density at radius 1 is 1.55 bits per heavy atom. The van der Waals surface area contributed by atoms with Crippen LogP contribution in [0.3, 0.4) is 0 Å². The van der Waals surface area contributed by atoms with E-state index >= 15 is 0 Å². The molecule has 2 atom stereocenters. The van der Waals surface area contributed by atoms with Crippen molar-refractivity contribution in [1.29, 1.82) is 0 Å². The van der Waals surface area contributed by atoms with Crippen LogP contribution in [0.4, 0.5) is 10.5 Å². The SMILES string of the molecule is CCOCc1cccc(NC(=O)N2CCCC(C(C)O)C2)c1. The molecule has 2 rings (SSSR count). The number of piperidine rings is 1. The predicted molar refractivity (Wildman–Crippen MR) is 86.8 cm³/mol. The maximum absolute atomic E-state index is 12.4. The van der Waals surface area contributed by atoms with Crippen LogP contribution in [0, 0.1) is 5.92 Å². The Kier molecular flexibility index (Phi) is 6.21. The predicted octanol–water partition coefficient (Wildman–Crippen LogP) is 2.85. The molecule has 1 aliphatic heterocycles. The normalized spacial score (nSPS) is 19.8. The molecule has 2 unspecified atom stereocenters. The Balaban J connectivity index is 1.93. The Morgan fingerprint density at radius 3 is 3.09 bits per heavy atom. The highest BCUT2D eigenvalue weighted by molar-refractivity contribution is 5.89. The first kappa shape index (κ1) is 16.8. The number of nitrogens with one attached hydrogen (secondary N) is 1. The van der Waals surface area contributed by atoms with Gasteiger partial charge in [0.25, 0.3) is 0 Å². The van der Waals surface area contributed by atoms with E-state index in [4.69, 9.17) is 4.74 Å². The minimum atomic E-state index is -0.370. The van der Waals surface area contributed by atoms with Crippen molar-refractivity contribution in [1.82, 2.24) is 4.90 Å². The number of hydrogen-bond acceptors (Lipinski definition) is 3. The lowest BCUT2D eigenvalue weighted by molar-refractivity contribution is 0.0766. The van der Waals surface area contributed by atoms with Crippen LogP contribution in [0.2, 0.25) is 0 Å². The van der Waals surface area contributed by atoms with Gasteiger partial charge in [-0.15, -0.1) is 0 Å². The van der Waals surface area contributed by atoms with E-state index in [9.17, 15) is 9.90 Å². The van der Waals surface area contributed by atoms with Crippen LogP contribution in [0.15, 0.2) is 24.3 Å². The lowest BCUT2D eigenvalue weighted by atomic mass is 9.94. The number of likely N-dealkylation sites (tertiary alicyclic amines) is 1. The van der Waals surface area contributed by atoms with Gasteiger partial charge in [-0.25, -0.2) is 4.79 Å². The minimum Gasteiger partial charge on any atom is -0.393 e. The zero-order valence-electron chi connectivity index (χ0n) is 13.4. The molecule has 0 aromatic heterocycles. The number of carbonyl (C=O) groups excluding carboxylic acids is 1. The lowest BCUT2D eigenvalue weighted by Crippen LogP contribution is -2.44. The van der Waals surface area contributed by atoms with Crippen molar-refractivity contribution in [3.8, 4) is 0 Å². The quantitative estimate of drug-likeness (QED) is 0.879. The summed E-state index contributed by atoms with van der Waals surface area (Å²) in [6, 6.07) is 7.61. The number of hydrogen-bond donors (Lipinski definition) is 2. The van der Waals surface area contributed by atoms with Gasteiger partial charge in [-0.1, -0.05) is 12.1 Å². The van der Waals surface area contributed by atoms with Crippen molar-refractivity contribution in [2.75, 3.05) is 25.0 Å². The van der Waals surface area contributed by atoms with E-state index in [2.05, 4.69) is 5.32 Å². The van der Waals surface area contributed by atoms with E-state index in [0.29, 0.717) is 19.8 Å². The molecule has 0 radical (unpaired) electrons. The summed E-state index contributed by atoms with van der Waals surface area (Å²) >= 11 is 0. The van der Waals surface area contributed by atoms with Crippen molar-refractivity contribution in [3.05, 3.63) is 29.8 Å². The number of anilines is 1. The third-order valence-electron chi connectivity index (χ3n) is 4.08. The molecule has 1 heterocycles. The summed E-state index contributed by atoms with van der Waals surface area (Å²) in [5, 5.41) is 12.7. The third-order valence-corrected chi connectivity index (χ3v) is 4.08. The maximum Gasteiger partial charge on any atom is 0.321 e. The number of benzene rings is 1. The molecule has 1 aromatic rings. The van der Waals surface area contributed by atoms with Crippen LogP contribution in [0.1, 0.15) is 32.3 Å². The van der Waals surface area contributed by atoms with Gasteiger partial charge >= 0.3 is 6.03 Å². The van der Waals surface area contributed by atoms with Crippen LogP contribution in [-0.2, 0) is 11.3 Å². The summed E-state index contributed by atoms with van der Waals surface area (Å²) < 4.78 is 5.39. The van der Waals surface area contributed by atoms with Crippen molar-refractivity contribution in [2.45, 2.75) is 39.4 Å². The Labute approximate surface area is 132 Å². The highest BCUT2D eigenvalue weighted by Gasteiger charge is 2.26. The first-order valence-electron chi connectivity index (χ1n) is 8.00. The number of amides is 2. The molecule has 5 heteroatoms. The maximum atomic E-state index is 12.4. The molecule has 1 aliphatic rings. The van der Waals surface area contributed by atoms with E-state index in [1.54, 1.807) is 11.8 Å². The molecule has 2 amide bonds. The van der Waals surface area contributed by atoms with Crippen LogP contribution in [0.25, 0.3) is 0 Å². The smallest absolute Gasteiger partial charge is 0.321 e. The fourth-order valence-electron chi connectivity index (χ4n) is 2.75. The van der Waals surface area contributed by atoms with Crippen LogP contribution >= 0.6 is 0 Å². The largest absolute Gasteiger partial charge is 0.393 e. The standard InChI is InChI=1S/C17H26N2O3/c1-3-22-12-14-6-4-8-16(10-14)18-17(21)19-9-5-7-15(11-19)13(2)20/h4,6,8,10,13,15,20H,3,5,7,9,11-12H2,1-2H3,(H,18,21). The zero-order valence-corrected chi connectivity index (χ0v) is 13.4. The zero-order chi connectivity index (χ0) is 15.9. The van der Waals surface area contributed by atoms with Gasteiger partial charge in [0.15, 0.2) is 0 Å². The molecule has 0 aliphatic carbocycles. The van der Waals surface area contributed by atoms with Gasteiger partial charge in [-0.2, -0.15) is 0 Å². The number of urea groups is 1. The van der Waals surface area contributed by atoms with Gasteiger partial charge in [-0.05, 0) is 44.4 Å². The monoisotopic (exact) mass is 306 g/mol. The second kappa shape index (κ2) is 8.15. The van der Waals surface area contributed by atoms with E-state index in [0.717, 1.165) is 30.6 Å². The van der Waals surface area contributed by atoms with Gasteiger partial charge in [0.1, 0.15) is 0 Å². The molecular formula is C17H26N2O3. The number of aliphatic hydroxyl groups excluding tert-OH is 1. The van der Waals surface area contributed by atoms with Gasteiger partial charge in [0.2, 0.25) is 0 Å². The topological polar surface area (TPSA) is 61.8 Å². The van der Waals surface area contributed by atoms with E-state index in [1.807, 2.05) is 31.2 Å². The van der Waals surface area contributed by atoms with Crippen molar-refractivity contribution >= 4 is 11.7 Å². The summed E-state index contributed by atoms with van der Waals surface area (Å²) in [4.78, 5) is 14.2. The molecule has 1 fully saturated rings. The van der Waals surface area contributed by atoms with Crippen molar-refractivity contribution in [2.24, 2.45) is 5.92 Å². The number of aliphatic hydroxyl groups is 1. The molecule has 2 N–H and O–H groups in total. The Bertz CT molecular complexity index is 491. The first-order chi connectivity index (χ1) is 10.6. The van der Waals surface area contributed by atoms with Crippen molar-refractivity contribution < 1.29 is 14.6 Å². The van der Waals surface area contributed by atoms with Gasteiger partial charge < -0.3 is 20.1 Å². The minimum absolute atomic E-state index is 0.0982. The van der Waals surface area contributed by atoms with Gasteiger partial charge in [0, 0.05) is 31.3 Å². The number of ether oxygens (including phenoxy) is 1. The molecule has 0 saturated carbocycles. The lowest BCUT2D eigenvalue weighted by Gasteiger charge is -2.34. The van der Waals surface area contributed by atoms with E-state index < -0.39 is 0 Å². The number of carbonyl (C=O) groups is 1. The van der Waals surface area contributed by atoms with E-state index in [-0.39, 0.29) is 18.1 Å². The van der Waals surface area contributed by atoms with Gasteiger partial charge in [0.05, 0.1) is 12.7 Å². The fourth-order valence-corrected chi connectivity index (χ4v) is 2.75. The highest BCUT2D eigenvalue weighted by Crippen LogP contribution is 2.21. The summed E-state index contributed by atoms with van der Waals surface area (Å²) in [5.41, 5.74) is 1.82. The van der Waals surface area contributed by atoms with Gasteiger partial charge in [-0.3, -0.25) is 0 Å². The number of nitrogens with zero attached hydrogens (tertiary/aromatic N) is 1. The molecule has 22 heavy (non-hydrogen) atoms. The summed E-state index contributed by atoms with van der Waals surface area (Å²) in [7, 11) is 0. The second-order valence-corrected chi connectivity index (χ2v) is 5.86. The molecular weight excluding hydrogens is 280 g/mol. The third kappa shape index (κ3) is 4.71. The van der Waals surface area contributed by atoms with E-state index in [1.165, 1.54) is 0 Å². The molecule has 1 aromatic carbocycles. The summed E-state index contributed by atoms with van der Waals surface area (Å²) in [6.45, 7) is 6.33. The highest BCUT2D eigenvalue weighted by atomic mass is 16.5. The average molecular weight is 306 g/mol. The first-order valence-corrected chi connectivity index (χ1v) is 8.00. The molecule has 1 saturated heterocycles. The fraction of sp³-hybridized carbons (Fsp3) is 0.588. The van der Waals surface area contributed by atoms with Crippen LogP contribution < -0.4 is 5.32 Å². The Morgan fingerprint density at radius 2 is 2.36 bits per heavy atom. The summed E-state index contributed by atoms with van der Waals surface area (Å²) in [5.74, 6) is 0.170. The molecule has 5 nitrogen and oxygen atoms in total. The van der Waals surface area contributed by atoms with Crippen molar-refractivity contribution in [3.63, 3.8) is 0 Å². The summed E-state index contributed by atoms with van der Waals surface area (Å²) in [6.07, 6.45) is 1.55. The second-order valence-electron chi connectivity index (χ2n) is 5.86. The molecule has 122 valence electrons. The average Bonchev–Trinajstić information content (AvgIpc) is 2.53. The Hall–Kier alpha value is -1.59. The van der Waals surface area contributed by atoms with Crippen LogP contribution in [-0.4, -0.2) is 41.8 Å². The van der Waals surface area contributed by atoms with Crippen LogP contribution in [0.5, 0.6) is 0 Å².